The third kappa shape index (κ3) is 4.94. The van der Waals surface area contributed by atoms with Crippen molar-refractivity contribution in [3.63, 3.8) is 0 Å². The molecule has 1 saturated carbocycles. The summed E-state index contributed by atoms with van der Waals surface area (Å²) >= 11 is 0. The maximum absolute atomic E-state index is 10.4. The Morgan fingerprint density at radius 2 is 1.79 bits per heavy atom. The summed E-state index contributed by atoms with van der Waals surface area (Å²) in [4.78, 5) is 0. The first-order chi connectivity index (χ1) is 9.05. The molecule has 0 saturated heterocycles. The second-order valence-electron chi connectivity index (χ2n) is 6.05. The number of hydrogen-bond acceptors (Lipinski definition) is 3. The molecule has 1 fully saturated rings. The fourth-order valence-electron chi connectivity index (χ4n) is 2.74. The second-order valence-corrected chi connectivity index (χ2v) is 6.05. The Labute approximate surface area is 115 Å². The van der Waals surface area contributed by atoms with E-state index in [0.717, 1.165) is 31.2 Å². The Bertz CT molecular complexity index is 370. The van der Waals surface area contributed by atoms with Crippen molar-refractivity contribution in [2.24, 2.45) is 0 Å². The maximum atomic E-state index is 10.4. The molecular weight excluding hydrogens is 238 g/mol. The van der Waals surface area contributed by atoms with Crippen molar-refractivity contribution in [3.8, 4) is 0 Å². The molecule has 0 amide bonds. The van der Waals surface area contributed by atoms with Crippen LogP contribution in [0.2, 0.25) is 0 Å². The van der Waals surface area contributed by atoms with E-state index in [9.17, 15) is 10.2 Å². The monoisotopic (exact) mass is 263 g/mol. The molecule has 1 aliphatic carbocycles. The Hall–Kier alpha value is -0.900. The third-order valence-electron chi connectivity index (χ3n) is 3.90. The average Bonchev–Trinajstić information content (AvgIpc) is 2.39. The molecule has 3 nitrogen and oxygen atoms in total. The van der Waals surface area contributed by atoms with Crippen molar-refractivity contribution in [3.05, 3.63) is 35.9 Å². The van der Waals surface area contributed by atoms with Crippen LogP contribution in [-0.4, -0.2) is 34.5 Å². The highest BCUT2D eigenvalue weighted by molar-refractivity contribution is 5.16. The van der Waals surface area contributed by atoms with Gasteiger partial charge in [0.05, 0.1) is 11.7 Å². The number of aliphatic hydroxyl groups is 2. The lowest BCUT2D eigenvalue weighted by Gasteiger charge is -2.30. The minimum absolute atomic E-state index is 0.122. The summed E-state index contributed by atoms with van der Waals surface area (Å²) in [6, 6.07) is 10.5. The van der Waals surface area contributed by atoms with Crippen LogP contribution in [0.4, 0.5) is 0 Å². The molecule has 1 aliphatic rings. The highest BCUT2D eigenvalue weighted by Crippen LogP contribution is 2.19. The number of aliphatic hydroxyl groups excluding tert-OH is 1. The Kier molecular flexibility index (Phi) is 4.97. The van der Waals surface area contributed by atoms with Crippen LogP contribution in [0.5, 0.6) is 0 Å². The van der Waals surface area contributed by atoms with Crippen molar-refractivity contribution < 1.29 is 10.2 Å². The molecule has 1 aromatic carbocycles. The van der Waals surface area contributed by atoms with Crippen molar-refractivity contribution in [1.29, 1.82) is 0 Å². The molecule has 1 aromatic rings. The van der Waals surface area contributed by atoms with Crippen LogP contribution in [0.15, 0.2) is 30.3 Å². The molecule has 0 spiro atoms. The summed E-state index contributed by atoms with van der Waals surface area (Å²) in [5.74, 6) is 0. The molecule has 0 unspecified atom stereocenters. The van der Waals surface area contributed by atoms with Gasteiger partial charge in [0.25, 0.3) is 0 Å². The third-order valence-corrected chi connectivity index (χ3v) is 3.90. The van der Waals surface area contributed by atoms with Gasteiger partial charge in [0, 0.05) is 19.0 Å². The molecule has 0 aliphatic heterocycles. The highest BCUT2D eigenvalue weighted by Gasteiger charge is 2.24. The quantitative estimate of drug-likeness (QED) is 0.760. The molecule has 3 heteroatoms. The van der Waals surface area contributed by atoms with Gasteiger partial charge in [-0.2, -0.15) is 0 Å². The van der Waals surface area contributed by atoms with E-state index >= 15 is 0 Å². The Morgan fingerprint density at radius 1 is 1.16 bits per heavy atom. The summed E-state index contributed by atoms with van der Waals surface area (Å²) in [5, 5.41) is 23.4. The van der Waals surface area contributed by atoms with Gasteiger partial charge in [-0.05, 0) is 38.2 Å². The van der Waals surface area contributed by atoms with E-state index in [1.54, 1.807) is 0 Å². The molecule has 0 bridgehead atoms. The summed E-state index contributed by atoms with van der Waals surface area (Å²) in [6.07, 6.45) is 4.29. The van der Waals surface area contributed by atoms with E-state index in [0.29, 0.717) is 19.0 Å². The van der Waals surface area contributed by atoms with E-state index in [1.165, 1.54) is 0 Å². The van der Waals surface area contributed by atoms with E-state index < -0.39 is 5.60 Å². The maximum Gasteiger partial charge on any atom is 0.0783 e. The highest BCUT2D eigenvalue weighted by atomic mass is 16.3. The fraction of sp³-hybridized carbons (Fsp3) is 0.625. The molecule has 2 rings (SSSR count). The van der Waals surface area contributed by atoms with Gasteiger partial charge in [0.15, 0.2) is 0 Å². The van der Waals surface area contributed by atoms with Crippen molar-refractivity contribution in [2.75, 3.05) is 6.54 Å². The summed E-state index contributed by atoms with van der Waals surface area (Å²) in [7, 11) is 0. The topological polar surface area (TPSA) is 52.5 Å². The zero-order chi connectivity index (χ0) is 13.7. The van der Waals surface area contributed by atoms with Gasteiger partial charge in [-0.3, -0.25) is 0 Å². The minimum atomic E-state index is -0.725. The summed E-state index contributed by atoms with van der Waals surface area (Å²) < 4.78 is 0. The molecule has 3 N–H and O–H groups in total. The average molecular weight is 263 g/mol. The van der Waals surface area contributed by atoms with Gasteiger partial charge in [0.2, 0.25) is 0 Å². The zero-order valence-electron chi connectivity index (χ0n) is 11.7. The van der Waals surface area contributed by atoms with Crippen molar-refractivity contribution in [2.45, 2.75) is 56.8 Å². The van der Waals surface area contributed by atoms with Gasteiger partial charge < -0.3 is 15.5 Å². The van der Waals surface area contributed by atoms with E-state index in [4.69, 9.17) is 0 Å². The molecule has 1 atom stereocenters. The van der Waals surface area contributed by atoms with Crippen LogP contribution < -0.4 is 5.32 Å². The van der Waals surface area contributed by atoms with E-state index in [1.807, 2.05) is 37.3 Å². The zero-order valence-corrected chi connectivity index (χ0v) is 11.7. The normalized spacial score (nSPS) is 26.9. The largest absolute Gasteiger partial charge is 0.393 e. The predicted octanol–water partition coefficient (Wildman–Crippen LogP) is 1.87. The van der Waals surface area contributed by atoms with Crippen LogP contribution in [0, 0.1) is 0 Å². The predicted molar refractivity (Wildman–Crippen MR) is 77.0 cm³/mol. The summed E-state index contributed by atoms with van der Waals surface area (Å²) in [6.45, 7) is 2.48. The Morgan fingerprint density at radius 3 is 2.42 bits per heavy atom. The fourth-order valence-corrected chi connectivity index (χ4v) is 2.74. The second kappa shape index (κ2) is 6.51. The lowest BCUT2D eigenvalue weighted by atomic mass is 9.91. The van der Waals surface area contributed by atoms with Gasteiger partial charge in [-0.15, -0.1) is 0 Å². The number of rotatable bonds is 5. The molecule has 0 heterocycles. The molecular formula is C16H25NO2. The first-order valence-electron chi connectivity index (χ1n) is 7.23. The van der Waals surface area contributed by atoms with Gasteiger partial charge in [0.1, 0.15) is 0 Å². The lowest BCUT2D eigenvalue weighted by molar-refractivity contribution is 0.0511. The van der Waals surface area contributed by atoms with Crippen molar-refractivity contribution in [1.82, 2.24) is 5.32 Å². The smallest absolute Gasteiger partial charge is 0.0783 e. The SMILES string of the molecule is C[C@@](O)(CNC1CCC(O)CC1)Cc1ccccc1. The Balaban J connectivity index is 1.77. The summed E-state index contributed by atoms with van der Waals surface area (Å²) in [5.41, 5.74) is 0.436. The van der Waals surface area contributed by atoms with Gasteiger partial charge in [-0.1, -0.05) is 30.3 Å². The molecule has 106 valence electrons. The molecule has 0 aromatic heterocycles. The molecule has 19 heavy (non-hydrogen) atoms. The van der Waals surface area contributed by atoms with Gasteiger partial charge in [-0.25, -0.2) is 0 Å². The standard InChI is InChI=1S/C16H25NO2/c1-16(19,11-13-5-3-2-4-6-13)12-17-14-7-9-15(18)10-8-14/h2-6,14-15,17-19H,7-12H2,1H3/t14?,15?,16-/m0/s1. The van der Waals surface area contributed by atoms with Crippen LogP contribution >= 0.6 is 0 Å². The first-order valence-corrected chi connectivity index (χ1v) is 7.23. The first kappa shape index (κ1) is 14.5. The number of benzene rings is 1. The van der Waals surface area contributed by atoms with Crippen LogP contribution in [0.1, 0.15) is 38.2 Å². The van der Waals surface area contributed by atoms with Crippen LogP contribution in [-0.2, 0) is 6.42 Å². The minimum Gasteiger partial charge on any atom is -0.393 e. The van der Waals surface area contributed by atoms with E-state index in [-0.39, 0.29) is 6.10 Å². The van der Waals surface area contributed by atoms with Gasteiger partial charge >= 0.3 is 0 Å². The molecule has 0 radical (unpaired) electrons. The number of nitrogens with one attached hydrogen (secondary N) is 1. The van der Waals surface area contributed by atoms with Crippen LogP contribution in [0.25, 0.3) is 0 Å². The number of hydrogen-bond donors (Lipinski definition) is 3. The lowest BCUT2D eigenvalue weighted by Crippen LogP contribution is -2.45. The van der Waals surface area contributed by atoms with Crippen molar-refractivity contribution >= 4 is 0 Å². The van der Waals surface area contributed by atoms with E-state index in [2.05, 4.69) is 5.32 Å². The van der Waals surface area contributed by atoms with Crippen LogP contribution in [0.3, 0.4) is 0 Å².